The van der Waals surface area contributed by atoms with Crippen LogP contribution >= 0.6 is 35.6 Å². The maximum atomic E-state index is 5.93. The van der Waals surface area contributed by atoms with E-state index in [0.717, 1.165) is 61.2 Å². The van der Waals surface area contributed by atoms with Crippen molar-refractivity contribution in [2.75, 3.05) is 46.9 Å². The second kappa shape index (κ2) is 15.9. The van der Waals surface area contributed by atoms with Crippen molar-refractivity contribution in [2.45, 2.75) is 26.8 Å². The van der Waals surface area contributed by atoms with E-state index in [1.54, 1.807) is 26.4 Å². The van der Waals surface area contributed by atoms with Crippen molar-refractivity contribution in [1.29, 1.82) is 0 Å². The zero-order chi connectivity index (χ0) is 22.5. The molecule has 0 aliphatic carbocycles. The van der Waals surface area contributed by atoms with Gasteiger partial charge in [-0.3, -0.25) is 4.99 Å². The summed E-state index contributed by atoms with van der Waals surface area (Å²) >= 11 is 5.82. The molecule has 1 aromatic carbocycles. The molecule has 7 nitrogen and oxygen atoms in total. The van der Waals surface area contributed by atoms with Crippen LogP contribution in [0.4, 0.5) is 0 Å². The molecule has 32 heavy (non-hydrogen) atoms. The number of hydrogen-bond acceptors (Lipinski definition) is 5. The summed E-state index contributed by atoms with van der Waals surface area (Å²) in [5.41, 5.74) is 2.20. The van der Waals surface area contributed by atoms with E-state index >= 15 is 0 Å². The smallest absolute Gasteiger partial charge is 0.191 e. The Balaban J connectivity index is 0.00000512. The first-order valence-corrected chi connectivity index (χ1v) is 11.0. The van der Waals surface area contributed by atoms with Gasteiger partial charge in [0, 0.05) is 32.9 Å². The van der Waals surface area contributed by atoms with Crippen LogP contribution in [0.15, 0.2) is 41.5 Å². The second-order valence-corrected chi connectivity index (χ2v) is 7.34. The highest BCUT2D eigenvalue weighted by Gasteiger charge is 2.08. The Hall–Kier alpha value is -1.78. The predicted octanol–water partition coefficient (Wildman–Crippen LogP) is 3.99. The predicted molar refractivity (Wildman–Crippen MR) is 143 cm³/mol. The maximum Gasteiger partial charge on any atom is 0.191 e. The number of nitrogens with one attached hydrogen (secondary N) is 2. The number of methoxy groups -OCH3 is 1. The summed E-state index contributed by atoms with van der Waals surface area (Å²) < 4.78 is 11.5. The molecule has 1 aromatic heterocycles. The summed E-state index contributed by atoms with van der Waals surface area (Å²) in [7, 11) is 3.42. The summed E-state index contributed by atoms with van der Waals surface area (Å²) in [5, 5.41) is 7.14. The van der Waals surface area contributed by atoms with Crippen molar-refractivity contribution in [3.05, 3.63) is 52.8 Å². The molecule has 0 radical (unpaired) electrons. The Morgan fingerprint density at radius 3 is 2.47 bits per heavy atom. The standard InChI is InChI=1S/C23H34ClN5O2.HI/c1-5-29(6-2)13-14-31-20-9-7-19(15-21(20)30-4)17-28-23(25-3)26-12-11-18-8-10-22(24)27-16-18;/h7-10,15-16H,5-6,11-14,17H2,1-4H3,(H2,25,26,28);1H. The fourth-order valence-electron chi connectivity index (χ4n) is 3.05. The lowest BCUT2D eigenvalue weighted by atomic mass is 10.2. The number of guanidine groups is 1. The van der Waals surface area contributed by atoms with E-state index in [9.17, 15) is 0 Å². The molecular formula is C23H35ClIN5O2. The van der Waals surface area contributed by atoms with Crippen molar-refractivity contribution < 1.29 is 9.47 Å². The number of nitrogens with zero attached hydrogens (tertiary/aromatic N) is 3. The molecule has 0 unspecified atom stereocenters. The molecule has 0 saturated carbocycles. The van der Waals surface area contributed by atoms with E-state index in [1.807, 2.05) is 24.3 Å². The summed E-state index contributed by atoms with van der Waals surface area (Å²) in [4.78, 5) is 10.7. The maximum absolute atomic E-state index is 5.93. The molecular weight excluding hydrogens is 541 g/mol. The zero-order valence-electron chi connectivity index (χ0n) is 19.4. The van der Waals surface area contributed by atoms with Gasteiger partial charge in [0.2, 0.25) is 0 Å². The van der Waals surface area contributed by atoms with Crippen LogP contribution in [0.25, 0.3) is 0 Å². The van der Waals surface area contributed by atoms with Gasteiger partial charge >= 0.3 is 0 Å². The first-order chi connectivity index (χ1) is 15.1. The Labute approximate surface area is 214 Å². The van der Waals surface area contributed by atoms with E-state index in [4.69, 9.17) is 21.1 Å². The second-order valence-electron chi connectivity index (χ2n) is 6.95. The Bertz CT molecular complexity index is 817. The number of benzene rings is 1. The quantitative estimate of drug-likeness (QED) is 0.173. The molecule has 0 spiro atoms. The molecule has 0 fully saturated rings. The molecule has 0 atom stereocenters. The van der Waals surface area contributed by atoms with Crippen molar-refractivity contribution in [3.8, 4) is 11.5 Å². The minimum atomic E-state index is 0. The van der Waals surface area contributed by atoms with Gasteiger partial charge < -0.3 is 25.0 Å². The number of rotatable bonds is 12. The summed E-state index contributed by atoms with van der Waals surface area (Å²) in [5.74, 6) is 2.23. The molecule has 0 aliphatic rings. The summed E-state index contributed by atoms with van der Waals surface area (Å²) in [6.07, 6.45) is 2.62. The van der Waals surface area contributed by atoms with E-state index in [1.165, 1.54) is 0 Å². The van der Waals surface area contributed by atoms with E-state index in [-0.39, 0.29) is 24.0 Å². The largest absolute Gasteiger partial charge is 0.493 e. The Morgan fingerprint density at radius 2 is 1.84 bits per heavy atom. The monoisotopic (exact) mass is 575 g/mol. The first kappa shape index (κ1) is 28.3. The van der Waals surface area contributed by atoms with Crippen LogP contribution in [-0.4, -0.2) is 62.8 Å². The lowest BCUT2D eigenvalue weighted by molar-refractivity contribution is 0.217. The van der Waals surface area contributed by atoms with Crippen LogP contribution in [0, 0.1) is 0 Å². The van der Waals surface area contributed by atoms with Crippen molar-refractivity contribution in [1.82, 2.24) is 20.5 Å². The van der Waals surface area contributed by atoms with Gasteiger partial charge in [-0.1, -0.05) is 37.6 Å². The van der Waals surface area contributed by atoms with Crippen LogP contribution in [0.2, 0.25) is 5.15 Å². The van der Waals surface area contributed by atoms with Gasteiger partial charge in [-0.25, -0.2) is 4.98 Å². The normalized spacial score (nSPS) is 11.1. The highest BCUT2D eigenvalue weighted by molar-refractivity contribution is 14.0. The lowest BCUT2D eigenvalue weighted by Crippen LogP contribution is -2.37. The molecule has 2 aromatic rings. The number of pyridine rings is 1. The minimum Gasteiger partial charge on any atom is -0.493 e. The van der Waals surface area contributed by atoms with E-state index in [2.05, 4.69) is 39.4 Å². The van der Waals surface area contributed by atoms with Crippen LogP contribution in [0.1, 0.15) is 25.0 Å². The molecule has 0 saturated heterocycles. The van der Waals surface area contributed by atoms with E-state index in [0.29, 0.717) is 18.3 Å². The zero-order valence-corrected chi connectivity index (χ0v) is 22.4. The molecule has 9 heteroatoms. The Morgan fingerprint density at radius 1 is 1.09 bits per heavy atom. The fraction of sp³-hybridized carbons (Fsp3) is 0.478. The van der Waals surface area contributed by atoms with Crippen LogP contribution in [0.3, 0.4) is 0 Å². The number of halogens is 2. The molecule has 178 valence electrons. The number of likely N-dealkylation sites (N-methyl/N-ethyl adjacent to an activating group) is 1. The van der Waals surface area contributed by atoms with Crippen molar-refractivity contribution in [2.24, 2.45) is 4.99 Å². The molecule has 0 bridgehead atoms. The van der Waals surface area contributed by atoms with Crippen molar-refractivity contribution >= 4 is 41.5 Å². The Kier molecular flexibility index (Phi) is 14.1. The third kappa shape index (κ3) is 9.79. The molecule has 0 amide bonds. The molecule has 2 N–H and O–H groups in total. The number of hydrogen-bond donors (Lipinski definition) is 2. The number of aromatic nitrogens is 1. The SMILES string of the molecule is CCN(CC)CCOc1ccc(CNC(=NC)NCCc2ccc(Cl)nc2)cc1OC.I. The molecule has 0 aliphatic heterocycles. The molecule has 2 rings (SSSR count). The minimum absolute atomic E-state index is 0. The summed E-state index contributed by atoms with van der Waals surface area (Å²) in [6.45, 7) is 9.25. The lowest BCUT2D eigenvalue weighted by Gasteiger charge is -2.19. The average molecular weight is 576 g/mol. The topological polar surface area (TPSA) is 71.0 Å². The highest BCUT2D eigenvalue weighted by Crippen LogP contribution is 2.28. The van der Waals surface area contributed by atoms with Gasteiger partial charge in [-0.2, -0.15) is 0 Å². The molecule has 1 heterocycles. The first-order valence-electron chi connectivity index (χ1n) is 10.7. The van der Waals surface area contributed by atoms with Gasteiger partial charge in [0.05, 0.1) is 7.11 Å². The van der Waals surface area contributed by atoms with Crippen LogP contribution < -0.4 is 20.1 Å². The van der Waals surface area contributed by atoms with Gasteiger partial charge in [0.15, 0.2) is 17.5 Å². The van der Waals surface area contributed by atoms with Gasteiger partial charge in [-0.15, -0.1) is 24.0 Å². The van der Waals surface area contributed by atoms with Crippen LogP contribution in [0.5, 0.6) is 11.5 Å². The fourth-order valence-corrected chi connectivity index (χ4v) is 3.16. The van der Waals surface area contributed by atoms with Crippen molar-refractivity contribution in [3.63, 3.8) is 0 Å². The highest BCUT2D eigenvalue weighted by atomic mass is 127. The average Bonchev–Trinajstić information content (AvgIpc) is 2.80. The third-order valence-corrected chi connectivity index (χ3v) is 5.19. The van der Waals surface area contributed by atoms with E-state index < -0.39 is 0 Å². The van der Waals surface area contributed by atoms with Gasteiger partial charge in [0.1, 0.15) is 11.8 Å². The van der Waals surface area contributed by atoms with Gasteiger partial charge in [0.25, 0.3) is 0 Å². The summed E-state index contributed by atoms with van der Waals surface area (Å²) in [6, 6.07) is 9.77. The number of aliphatic imine (C=N–C) groups is 1. The third-order valence-electron chi connectivity index (χ3n) is 4.97. The van der Waals surface area contributed by atoms with Gasteiger partial charge in [-0.05, 0) is 48.8 Å². The number of ether oxygens (including phenoxy) is 2. The van der Waals surface area contributed by atoms with Crippen LogP contribution in [-0.2, 0) is 13.0 Å².